The van der Waals surface area contributed by atoms with Gasteiger partial charge in [-0.2, -0.15) is 0 Å². The van der Waals surface area contributed by atoms with Crippen LogP contribution in [0.2, 0.25) is 0 Å². The van der Waals surface area contributed by atoms with E-state index in [1.54, 1.807) is 7.05 Å². The lowest BCUT2D eigenvalue weighted by molar-refractivity contribution is -0.122. The number of nitrogens with one attached hydrogen (secondary N) is 1. The van der Waals surface area contributed by atoms with Crippen molar-refractivity contribution >= 4 is 33.2 Å². The molecule has 0 bridgehead atoms. The number of hydrogen-bond donors (Lipinski definition) is 1. The Labute approximate surface area is 161 Å². The Bertz CT molecular complexity index is 1030. The van der Waals surface area contributed by atoms with Crippen LogP contribution < -0.4 is 10.9 Å². The maximum atomic E-state index is 12.4. The number of fused-ring (bicyclic) bond motifs is 3. The van der Waals surface area contributed by atoms with Gasteiger partial charge in [-0.25, -0.2) is 0 Å². The number of carbonyl (C=O) groups excluding carboxylic acids is 1. The summed E-state index contributed by atoms with van der Waals surface area (Å²) < 4.78 is 4.18. The number of rotatable bonds is 5. The van der Waals surface area contributed by atoms with E-state index in [2.05, 4.69) is 22.4 Å². The summed E-state index contributed by atoms with van der Waals surface area (Å²) in [5.41, 5.74) is 0.797. The number of thiophene rings is 1. The molecular weight excluding hydrogens is 362 g/mol. The van der Waals surface area contributed by atoms with Crippen LogP contribution in [-0.4, -0.2) is 31.1 Å². The first-order valence-corrected chi connectivity index (χ1v) is 10.5. The van der Waals surface area contributed by atoms with Crippen molar-refractivity contribution in [2.45, 2.75) is 57.9 Å². The molecule has 1 amide bonds. The van der Waals surface area contributed by atoms with E-state index in [9.17, 15) is 9.59 Å². The predicted molar refractivity (Wildman–Crippen MR) is 106 cm³/mol. The zero-order valence-corrected chi connectivity index (χ0v) is 16.6. The summed E-state index contributed by atoms with van der Waals surface area (Å²) in [5, 5.41) is 13.6. The largest absolute Gasteiger partial charge is 0.353 e. The van der Waals surface area contributed by atoms with Crippen LogP contribution >= 0.6 is 11.3 Å². The van der Waals surface area contributed by atoms with Crippen molar-refractivity contribution in [1.82, 2.24) is 24.5 Å². The van der Waals surface area contributed by atoms with E-state index in [-0.39, 0.29) is 11.5 Å². The Kier molecular flexibility index (Phi) is 4.99. The molecule has 0 aliphatic heterocycles. The molecule has 1 aliphatic carbocycles. The summed E-state index contributed by atoms with van der Waals surface area (Å²) in [4.78, 5) is 24.7. The molecule has 2 atom stereocenters. The first-order valence-electron chi connectivity index (χ1n) is 9.66. The van der Waals surface area contributed by atoms with E-state index in [0.29, 0.717) is 41.7 Å². The minimum Gasteiger partial charge on any atom is -0.353 e. The third kappa shape index (κ3) is 3.38. The summed E-state index contributed by atoms with van der Waals surface area (Å²) in [7, 11) is 1.72. The minimum absolute atomic E-state index is 0.0487. The zero-order chi connectivity index (χ0) is 19.0. The molecule has 144 valence electrons. The smallest absolute Gasteiger partial charge is 0.272 e. The van der Waals surface area contributed by atoms with Crippen LogP contribution in [0.1, 0.15) is 51.3 Å². The van der Waals surface area contributed by atoms with Crippen molar-refractivity contribution in [3.05, 3.63) is 27.6 Å². The first-order chi connectivity index (χ1) is 13.1. The molecule has 1 N–H and O–H groups in total. The van der Waals surface area contributed by atoms with Crippen molar-refractivity contribution in [3.63, 3.8) is 0 Å². The van der Waals surface area contributed by atoms with Crippen molar-refractivity contribution < 1.29 is 4.79 Å². The summed E-state index contributed by atoms with van der Waals surface area (Å²) in [6.45, 7) is 2.23. The molecule has 1 aliphatic rings. The Morgan fingerprint density at radius 2 is 2.15 bits per heavy atom. The highest BCUT2D eigenvalue weighted by Crippen LogP contribution is 2.24. The molecule has 1 fully saturated rings. The van der Waals surface area contributed by atoms with E-state index < -0.39 is 0 Å². The average molecular weight is 388 g/mol. The van der Waals surface area contributed by atoms with Gasteiger partial charge < -0.3 is 5.32 Å². The van der Waals surface area contributed by atoms with Crippen LogP contribution in [0.4, 0.5) is 0 Å². The first kappa shape index (κ1) is 18.2. The van der Waals surface area contributed by atoms with Gasteiger partial charge in [0, 0.05) is 25.9 Å². The van der Waals surface area contributed by atoms with Crippen LogP contribution in [0.15, 0.2) is 16.2 Å². The third-order valence-electron chi connectivity index (χ3n) is 5.66. The fourth-order valence-corrected chi connectivity index (χ4v) is 4.88. The van der Waals surface area contributed by atoms with Crippen molar-refractivity contribution in [3.8, 4) is 0 Å². The lowest BCUT2D eigenvalue weighted by atomic mass is 9.86. The molecule has 0 saturated heterocycles. The number of carbonyl (C=O) groups is 1. The predicted octanol–water partition coefficient (Wildman–Crippen LogP) is 2.66. The number of nitrogens with zero attached hydrogens (tertiary/aromatic N) is 4. The van der Waals surface area contributed by atoms with E-state index in [1.165, 1.54) is 35.2 Å². The Hall–Kier alpha value is -2.22. The van der Waals surface area contributed by atoms with Gasteiger partial charge >= 0.3 is 0 Å². The summed E-state index contributed by atoms with van der Waals surface area (Å²) in [5.74, 6) is 2.02. The number of aromatic nitrogens is 4. The Morgan fingerprint density at radius 3 is 2.96 bits per heavy atom. The van der Waals surface area contributed by atoms with Crippen molar-refractivity contribution in [2.75, 3.05) is 0 Å². The lowest BCUT2D eigenvalue weighted by Crippen LogP contribution is -2.40. The standard InChI is InChI=1S/C19H25N5O2S/c1-12-6-3-4-7-13(12)20-16(25)9-5-8-15-21-22-19-23(2)18(26)17-14(24(15)19)10-11-27-17/h10-13H,3-9H2,1-2H3,(H,20,25)/t12-,13-/m1/s1. The Morgan fingerprint density at radius 1 is 1.33 bits per heavy atom. The second kappa shape index (κ2) is 7.42. The highest BCUT2D eigenvalue weighted by molar-refractivity contribution is 7.17. The van der Waals surface area contributed by atoms with Gasteiger partial charge in [-0.3, -0.25) is 18.6 Å². The van der Waals surface area contributed by atoms with Gasteiger partial charge in [-0.1, -0.05) is 19.8 Å². The molecule has 0 unspecified atom stereocenters. The summed E-state index contributed by atoms with van der Waals surface area (Å²) >= 11 is 1.43. The average Bonchev–Trinajstić information content (AvgIpc) is 3.28. The molecule has 27 heavy (non-hydrogen) atoms. The number of hydrogen-bond acceptors (Lipinski definition) is 5. The molecule has 4 rings (SSSR count). The van der Waals surface area contributed by atoms with E-state index >= 15 is 0 Å². The molecule has 8 heteroatoms. The maximum absolute atomic E-state index is 12.4. The number of aryl methyl sites for hydroxylation is 2. The van der Waals surface area contributed by atoms with Gasteiger partial charge in [0.2, 0.25) is 11.7 Å². The van der Waals surface area contributed by atoms with Gasteiger partial charge in [0.25, 0.3) is 5.56 Å². The molecule has 3 aromatic heterocycles. The third-order valence-corrected chi connectivity index (χ3v) is 6.55. The normalized spacial score (nSPS) is 20.4. The maximum Gasteiger partial charge on any atom is 0.272 e. The molecule has 3 heterocycles. The van der Waals surface area contributed by atoms with E-state index in [0.717, 1.165) is 17.8 Å². The van der Waals surface area contributed by atoms with Gasteiger partial charge in [0.05, 0.1) is 5.52 Å². The van der Waals surface area contributed by atoms with Crippen LogP contribution in [0.25, 0.3) is 16.0 Å². The lowest BCUT2D eigenvalue weighted by Gasteiger charge is -2.29. The highest BCUT2D eigenvalue weighted by Gasteiger charge is 2.22. The minimum atomic E-state index is -0.0487. The van der Waals surface area contributed by atoms with Crippen LogP contribution in [0.5, 0.6) is 0 Å². The van der Waals surface area contributed by atoms with Crippen LogP contribution in [0.3, 0.4) is 0 Å². The molecule has 0 spiro atoms. The number of amides is 1. The molecular formula is C19H25N5O2S. The van der Waals surface area contributed by atoms with Crippen LogP contribution in [-0.2, 0) is 18.3 Å². The van der Waals surface area contributed by atoms with Gasteiger partial charge in [0.1, 0.15) is 10.5 Å². The van der Waals surface area contributed by atoms with Gasteiger partial charge in [0.15, 0.2) is 0 Å². The fraction of sp³-hybridized carbons (Fsp3) is 0.579. The summed E-state index contributed by atoms with van der Waals surface area (Å²) in [6.07, 6.45) is 6.61. The van der Waals surface area contributed by atoms with Crippen molar-refractivity contribution in [1.29, 1.82) is 0 Å². The zero-order valence-electron chi connectivity index (χ0n) is 15.8. The molecule has 1 saturated carbocycles. The summed E-state index contributed by atoms with van der Waals surface area (Å²) in [6, 6.07) is 2.25. The van der Waals surface area contributed by atoms with Gasteiger partial charge in [-0.05, 0) is 36.6 Å². The molecule has 3 aromatic rings. The second-order valence-corrected chi connectivity index (χ2v) is 8.46. The second-order valence-electron chi connectivity index (χ2n) is 7.54. The van der Waals surface area contributed by atoms with E-state index in [1.807, 2.05) is 15.8 Å². The topological polar surface area (TPSA) is 81.3 Å². The van der Waals surface area contributed by atoms with E-state index in [4.69, 9.17) is 0 Å². The molecule has 7 nitrogen and oxygen atoms in total. The monoisotopic (exact) mass is 387 g/mol. The highest BCUT2D eigenvalue weighted by atomic mass is 32.1. The SMILES string of the molecule is C[C@@H]1CCCC[C@H]1NC(=O)CCCc1nnc2n(C)c(=O)c3sccc3n12. The Balaban J connectivity index is 1.45. The molecule has 0 aromatic carbocycles. The molecule has 0 radical (unpaired) electrons. The van der Waals surface area contributed by atoms with Crippen molar-refractivity contribution in [2.24, 2.45) is 13.0 Å². The van der Waals surface area contributed by atoms with Gasteiger partial charge in [-0.15, -0.1) is 21.5 Å². The quantitative estimate of drug-likeness (QED) is 0.730. The van der Waals surface area contributed by atoms with Crippen LogP contribution in [0, 0.1) is 5.92 Å². The fourth-order valence-electron chi connectivity index (χ4n) is 4.03.